The number of benzene rings is 1. The Kier molecular flexibility index (Phi) is 5.96. The molecule has 1 heterocycles. The molecule has 2 rings (SSSR count). The molecule has 0 radical (unpaired) electrons. The van der Waals surface area contributed by atoms with Gasteiger partial charge in [-0.1, -0.05) is 18.2 Å². The summed E-state index contributed by atoms with van der Waals surface area (Å²) in [5.74, 6) is 0.339. The van der Waals surface area contributed by atoms with Gasteiger partial charge in [0.25, 0.3) is 5.91 Å². The maximum absolute atomic E-state index is 13.2. The van der Waals surface area contributed by atoms with E-state index in [4.69, 9.17) is 9.47 Å². The average Bonchev–Trinajstić information content (AvgIpc) is 2.60. The van der Waals surface area contributed by atoms with E-state index in [1.807, 2.05) is 56.9 Å². The van der Waals surface area contributed by atoms with Gasteiger partial charge in [0, 0.05) is 29.4 Å². The number of nitrogens with zero attached hydrogens (tertiary/aromatic N) is 3. The van der Waals surface area contributed by atoms with Crippen LogP contribution in [0.1, 0.15) is 38.1 Å². The molecule has 1 amide bonds. The smallest absolute Gasteiger partial charge is 0.319 e. The molecule has 0 atom stereocenters. The molecule has 0 aliphatic carbocycles. The number of amides is 1. The molecule has 2 aromatic rings. The molecule has 6 heteroatoms. The molecule has 0 aliphatic heterocycles. The highest BCUT2D eigenvalue weighted by Gasteiger charge is 2.25. The number of carbonyl (C=O) groups excluding carboxylic acids is 1. The van der Waals surface area contributed by atoms with Crippen LogP contribution >= 0.6 is 0 Å². The van der Waals surface area contributed by atoms with Gasteiger partial charge in [0.05, 0.1) is 19.8 Å². The van der Waals surface area contributed by atoms with Crippen LogP contribution < -0.4 is 9.47 Å². The molecule has 134 valence electrons. The third-order valence-electron chi connectivity index (χ3n) is 3.90. The van der Waals surface area contributed by atoms with E-state index in [2.05, 4.69) is 9.97 Å². The Bertz CT molecular complexity index is 736. The second-order valence-corrected chi connectivity index (χ2v) is 6.23. The van der Waals surface area contributed by atoms with Gasteiger partial charge >= 0.3 is 6.01 Å². The summed E-state index contributed by atoms with van der Waals surface area (Å²) in [7, 11) is 3.03. The fourth-order valence-corrected chi connectivity index (χ4v) is 2.90. The van der Waals surface area contributed by atoms with Crippen molar-refractivity contribution in [2.24, 2.45) is 0 Å². The summed E-state index contributed by atoms with van der Waals surface area (Å²) < 4.78 is 10.4. The van der Waals surface area contributed by atoms with Gasteiger partial charge in [0.2, 0.25) is 5.88 Å². The highest BCUT2D eigenvalue weighted by atomic mass is 16.5. The van der Waals surface area contributed by atoms with E-state index in [-0.39, 0.29) is 24.0 Å². The number of methoxy groups -OCH3 is 2. The van der Waals surface area contributed by atoms with Crippen molar-refractivity contribution in [2.75, 3.05) is 14.2 Å². The van der Waals surface area contributed by atoms with Gasteiger partial charge in [-0.25, -0.2) is 4.98 Å². The second-order valence-electron chi connectivity index (χ2n) is 6.23. The van der Waals surface area contributed by atoms with Crippen molar-refractivity contribution in [2.45, 2.75) is 39.8 Å². The molecule has 0 bridgehead atoms. The van der Waals surface area contributed by atoms with Gasteiger partial charge in [-0.2, -0.15) is 4.98 Å². The first-order valence-corrected chi connectivity index (χ1v) is 8.27. The van der Waals surface area contributed by atoms with Crippen LogP contribution in [0.25, 0.3) is 11.1 Å². The van der Waals surface area contributed by atoms with Crippen molar-refractivity contribution in [3.05, 3.63) is 36.0 Å². The van der Waals surface area contributed by atoms with Crippen molar-refractivity contribution in [1.29, 1.82) is 0 Å². The Morgan fingerprint density at radius 3 is 2.20 bits per heavy atom. The van der Waals surface area contributed by atoms with Gasteiger partial charge in [0.15, 0.2) is 0 Å². The number of aromatic nitrogens is 2. The summed E-state index contributed by atoms with van der Waals surface area (Å²) in [5, 5.41) is 0. The molecule has 1 aromatic heterocycles. The van der Waals surface area contributed by atoms with E-state index in [1.165, 1.54) is 14.2 Å². The molecule has 25 heavy (non-hydrogen) atoms. The monoisotopic (exact) mass is 343 g/mol. The van der Waals surface area contributed by atoms with Crippen molar-refractivity contribution in [3.8, 4) is 23.0 Å². The molecule has 6 nitrogen and oxygen atoms in total. The molecule has 0 saturated carbocycles. The Hall–Kier alpha value is -2.63. The summed E-state index contributed by atoms with van der Waals surface area (Å²) >= 11 is 0. The SMILES string of the molecule is COc1ncc(-c2ccccc2C(=O)N(C(C)C)C(C)C)c(OC)n1. The molecule has 0 saturated heterocycles. The Morgan fingerprint density at radius 2 is 1.64 bits per heavy atom. The lowest BCUT2D eigenvalue weighted by atomic mass is 9.99. The van der Waals surface area contributed by atoms with Gasteiger partial charge in [-0.15, -0.1) is 0 Å². The number of hydrogen-bond acceptors (Lipinski definition) is 5. The summed E-state index contributed by atoms with van der Waals surface area (Å²) in [5.41, 5.74) is 1.98. The van der Waals surface area contributed by atoms with Gasteiger partial charge in [0.1, 0.15) is 0 Å². The minimum Gasteiger partial charge on any atom is -0.480 e. The quantitative estimate of drug-likeness (QED) is 0.804. The predicted octanol–water partition coefficient (Wildman–Crippen LogP) is 3.42. The third-order valence-corrected chi connectivity index (χ3v) is 3.90. The van der Waals surface area contributed by atoms with E-state index < -0.39 is 0 Å². The van der Waals surface area contributed by atoms with Crippen molar-refractivity contribution in [3.63, 3.8) is 0 Å². The van der Waals surface area contributed by atoms with Crippen molar-refractivity contribution in [1.82, 2.24) is 14.9 Å². The Labute approximate surface area is 148 Å². The summed E-state index contributed by atoms with van der Waals surface area (Å²) in [4.78, 5) is 23.4. The molecule has 0 N–H and O–H groups in total. The summed E-state index contributed by atoms with van der Waals surface area (Å²) in [6, 6.07) is 7.83. The third kappa shape index (κ3) is 3.90. The van der Waals surface area contributed by atoms with E-state index in [1.54, 1.807) is 6.20 Å². The molecule has 1 aromatic carbocycles. The number of carbonyl (C=O) groups is 1. The standard InChI is InChI=1S/C19H25N3O3/c1-12(2)22(13(3)4)18(23)15-10-8-7-9-14(15)16-11-20-19(25-6)21-17(16)24-5/h7-13H,1-6H3. The van der Waals surface area contributed by atoms with Crippen LogP contribution in [-0.4, -0.2) is 47.1 Å². The van der Waals surface area contributed by atoms with Gasteiger partial charge < -0.3 is 14.4 Å². The first-order valence-electron chi connectivity index (χ1n) is 8.27. The topological polar surface area (TPSA) is 64.5 Å². The fourth-order valence-electron chi connectivity index (χ4n) is 2.90. The summed E-state index contributed by atoms with van der Waals surface area (Å²) in [6.45, 7) is 8.05. The lowest BCUT2D eigenvalue weighted by Crippen LogP contribution is -2.42. The highest BCUT2D eigenvalue weighted by Crippen LogP contribution is 2.32. The number of ether oxygens (including phenoxy) is 2. The van der Waals surface area contributed by atoms with Crippen molar-refractivity contribution < 1.29 is 14.3 Å². The van der Waals surface area contributed by atoms with Gasteiger partial charge in [-0.3, -0.25) is 4.79 Å². The molecular weight excluding hydrogens is 318 g/mol. The number of hydrogen-bond donors (Lipinski definition) is 0. The largest absolute Gasteiger partial charge is 0.480 e. The molecule has 0 unspecified atom stereocenters. The van der Waals surface area contributed by atoms with Crippen LogP contribution in [0.5, 0.6) is 11.9 Å². The maximum Gasteiger partial charge on any atom is 0.319 e. The molecule has 0 spiro atoms. The van der Waals surface area contributed by atoms with Crippen LogP contribution in [0.4, 0.5) is 0 Å². The Balaban J connectivity index is 2.57. The van der Waals surface area contributed by atoms with Crippen LogP contribution in [-0.2, 0) is 0 Å². The van der Waals surface area contributed by atoms with Crippen LogP contribution in [0.15, 0.2) is 30.5 Å². The van der Waals surface area contributed by atoms with Crippen LogP contribution in [0, 0.1) is 0 Å². The highest BCUT2D eigenvalue weighted by molar-refractivity contribution is 6.01. The second kappa shape index (κ2) is 7.96. The predicted molar refractivity (Wildman–Crippen MR) is 97.0 cm³/mol. The first kappa shape index (κ1) is 18.7. The number of rotatable bonds is 6. The van der Waals surface area contributed by atoms with Crippen LogP contribution in [0.3, 0.4) is 0 Å². The Morgan fingerprint density at radius 1 is 1.00 bits per heavy atom. The van der Waals surface area contributed by atoms with E-state index in [0.717, 1.165) is 5.56 Å². The van der Waals surface area contributed by atoms with Crippen molar-refractivity contribution >= 4 is 5.91 Å². The zero-order valence-electron chi connectivity index (χ0n) is 15.6. The molecular formula is C19H25N3O3. The lowest BCUT2D eigenvalue weighted by molar-refractivity contribution is 0.0644. The average molecular weight is 343 g/mol. The fraction of sp³-hybridized carbons (Fsp3) is 0.421. The van der Waals surface area contributed by atoms with Crippen LogP contribution in [0.2, 0.25) is 0 Å². The molecule has 0 aliphatic rings. The van der Waals surface area contributed by atoms with Gasteiger partial charge in [-0.05, 0) is 33.8 Å². The van der Waals surface area contributed by atoms with E-state index in [9.17, 15) is 4.79 Å². The summed E-state index contributed by atoms with van der Waals surface area (Å²) in [6.07, 6.45) is 1.62. The maximum atomic E-state index is 13.2. The zero-order valence-corrected chi connectivity index (χ0v) is 15.6. The minimum absolute atomic E-state index is 0.0292. The van der Waals surface area contributed by atoms with E-state index >= 15 is 0 Å². The van der Waals surface area contributed by atoms with E-state index in [0.29, 0.717) is 17.0 Å². The lowest BCUT2D eigenvalue weighted by Gasteiger charge is -2.31. The zero-order chi connectivity index (χ0) is 18.6. The first-order chi connectivity index (χ1) is 11.9. The molecule has 0 fully saturated rings. The normalized spacial score (nSPS) is 10.9. The minimum atomic E-state index is -0.0292.